The Labute approximate surface area is 128 Å². The SMILES string of the molecule is CCNC(c1ncccc1OC)C(C)(CC)N1CCCC1. The number of nitrogens with one attached hydrogen (secondary N) is 1. The van der Waals surface area contributed by atoms with E-state index in [1.165, 1.54) is 25.9 Å². The van der Waals surface area contributed by atoms with E-state index in [-0.39, 0.29) is 11.6 Å². The molecule has 4 nitrogen and oxygen atoms in total. The summed E-state index contributed by atoms with van der Waals surface area (Å²) in [6.45, 7) is 10.1. The second-order valence-electron chi connectivity index (χ2n) is 5.99. The van der Waals surface area contributed by atoms with Crippen LogP contribution in [-0.4, -0.2) is 42.2 Å². The van der Waals surface area contributed by atoms with Gasteiger partial charge in [-0.1, -0.05) is 13.8 Å². The molecule has 0 amide bonds. The molecule has 1 aliphatic heterocycles. The molecule has 1 aliphatic rings. The molecule has 4 heteroatoms. The van der Waals surface area contributed by atoms with Gasteiger partial charge >= 0.3 is 0 Å². The van der Waals surface area contributed by atoms with Crippen molar-refractivity contribution < 1.29 is 4.74 Å². The molecule has 1 N–H and O–H groups in total. The lowest BCUT2D eigenvalue weighted by Gasteiger charge is -2.44. The highest BCUT2D eigenvalue weighted by molar-refractivity contribution is 5.32. The van der Waals surface area contributed by atoms with E-state index in [4.69, 9.17) is 4.74 Å². The van der Waals surface area contributed by atoms with Crippen molar-refractivity contribution in [1.29, 1.82) is 0 Å². The van der Waals surface area contributed by atoms with Gasteiger partial charge in [0.15, 0.2) is 0 Å². The normalized spacial score (nSPS) is 20.2. The predicted octanol–water partition coefficient (Wildman–Crippen LogP) is 3.01. The smallest absolute Gasteiger partial charge is 0.142 e. The van der Waals surface area contributed by atoms with E-state index in [9.17, 15) is 0 Å². The van der Waals surface area contributed by atoms with Gasteiger partial charge in [-0.15, -0.1) is 0 Å². The molecule has 21 heavy (non-hydrogen) atoms. The summed E-state index contributed by atoms with van der Waals surface area (Å²) in [5.41, 5.74) is 1.09. The molecule has 0 aromatic carbocycles. The Morgan fingerprint density at radius 3 is 2.67 bits per heavy atom. The zero-order chi connectivity index (χ0) is 15.3. The highest BCUT2D eigenvalue weighted by Gasteiger charge is 2.41. The Hall–Kier alpha value is -1.13. The van der Waals surface area contributed by atoms with E-state index in [1.54, 1.807) is 7.11 Å². The van der Waals surface area contributed by atoms with Crippen LogP contribution in [0.25, 0.3) is 0 Å². The van der Waals surface area contributed by atoms with E-state index >= 15 is 0 Å². The first-order valence-electron chi connectivity index (χ1n) is 8.14. The molecule has 0 bridgehead atoms. The lowest BCUT2D eigenvalue weighted by atomic mass is 9.84. The average molecular weight is 291 g/mol. The van der Waals surface area contributed by atoms with Crippen LogP contribution in [0.4, 0.5) is 0 Å². The zero-order valence-corrected chi connectivity index (χ0v) is 13.9. The van der Waals surface area contributed by atoms with Gasteiger partial charge in [-0.2, -0.15) is 0 Å². The Morgan fingerprint density at radius 2 is 2.10 bits per heavy atom. The lowest BCUT2D eigenvalue weighted by Crippen LogP contribution is -2.53. The number of ether oxygens (including phenoxy) is 1. The van der Waals surface area contributed by atoms with Crippen LogP contribution in [0.1, 0.15) is 51.8 Å². The predicted molar refractivity (Wildman–Crippen MR) is 86.7 cm³/mol. The van der Waals surface area contributed by atoms with Gasteiger partial charge < -0.3 is 10.1 Å². The summed E-state index contributed by atoms with van der Waals surface area (Å²) in [4.78, 5) is 7.26. The fraction of sp³-hybridized carbons (Fsp3) is 0.706. The van der Waals surface area contributed by atoms with Crippen molar-refractivity contribution in [2.75, 3.05) is 26.7 Å². The first-order chi connectivity index (χ1) is 10.2. The third-order valence-corrected chi connectivity index (χ3v) is 4.87. The van der Waals surface area contributed by atoms with Gasteiger partial charge in [0.2, 0.25) is 0 Å². The largest absolute Gasteiger partial charge is 0.495 e. The van der Waals surface area contributed by atoms with Crippen molar-refractivity contribution >= 4 is 0 Å². The van der Waals surface area contributed by atoms with E-state index in [0.29, 0.717) is 0 Å². The lowest BCUT2D eigenvalue weighted by molar-refractivity contribution is 0.0817. The Kier molecular flexibility index (Phi) is 5.59. The van der Waals surface area contributed by atoms with Gasteiger partial charge in [-0.05, 0) is 58.0 Å². The highest BCUT2D eigenvalue weighted by Crippen LogP contribution is 2.38. The minimum absolute atomic E-state index is 0.0636. The summed E-state index contributed by atoms with van der Waals surface area (Å²) < 4.78 is 5.55. The third-order valence-electron chi connectivity index (χ3n) is 4.87. The Bertz CT molecular complexity index is 445. The number of methoxy groups -OCH3 is 1. The van der Waals surface area contributed by atoms with Crippen LogP contribution in [-0.2, 0) is 0 Å². The first kappa shape index (κ1) is 16.2. The molecule has 2 rings (SSSR count). The summed E-state index contributed by atoms with van der Waals surface area (Å²) in [6.07, 6.45) is 5.55. The number of likely N-dealkylation sites (tertiary alicyclic amines) is 1. The molecule has 0 radical (unpaired) electrons. The third kappa shape index (κ3) is 3.22. The summed E-state index contributed by atoms with van der Waals surface area (Å²) in [5.74, 6) is 0.877. The summed E-state index contributed by atoms with van der Waals surface area (Å²) in [7, 11) is 1.72. The molecule has 0 saturated carbocycles. The van der Waals surface area contributed by atoms with Crippen LogP contribution < -0.4 is 10.1 Å². The molecule has 0 aliphatic carbocycles. The molecule has 1 aromatic heterocycles. The number of nitrogens with zero attached hydrogens (tertiary/aromatic N) is 2. The second kappa shape index (κ2) is 7.23. The highest BCUT2D eigenvalue weighted by atomic mass is 16.5. The number of pyridine rings is 1. The maximum absolute atomic E-state index is 5.55. The number of rotatable bonds is 7. The minimum Gasteiger partial charge on any atom is -0.495 e. The maximum Gasteiger partial charge on any atom is 0.142 e. The van der Waals surface area contributed by atoms with Crippen LogP contribution in [0.5, 0.6) is 5.75 Å². The van der Waals surface area contributed by atoms with Crippen molar-refractivity contribution in [3.63, 3.8) is 0 Å². The molecule has 2 unspecified atom stereocenters. The molecule has 1 fully saturated rings. The number of hydrogen-bond donors (Lipinski definition) is 1. The van der Waals surface area contributed by atoms with Crippen LogP contribution >= 0.6 is 0 Å². The monoisotopic (exact) mass is 291 g/mol. The fourth-order valence-electron chi connectivity index (χ4n) is 3.45. The molecular weight excluding hydrogens is 262 g/mol. The summed E-state index contributed by atoms with van der Waals surface area (Å²) in [5, 5.41) is 3.66. The van der Waals surface area contributed by atoms with Crippen molar-refractivity contribution in [2.45, 2.75) is 51.6 Å². The molecule has 1 aromatic rings. The number of likely N-dealkylation sites (N-methyl/N-ethyl adjacent to an activating group) is 1. The Balaban J connectivity index is 2.40. The number of aromatic nitrogens is 1. The number of hydrogen-bond acceptors (Lipinski definition) is 4. The standard InChI is InChI=1S/C17H29N3O/c1-5-17(3,20-12-7-8-13-20)16(18-6-2)15-14(21-4)10-9-11-19-15/h9-11,16,18H,5-8,12-13H2,1-4H3. The van der Waals surface area contributed by atoms with Crippen molar-refractivity contribution in [3.8, 4) is 5.75 Å². The van der Waals surface area contributed by atoms with E-state index in [2.05, 4.69) is 36.0 Å². The van der Waals surface area contributed by atoms with E-state index in [1.807, 2.05) is 18.3 Å². The fourth-order valence-corrected chi connectivity index (χ4v) is 3.45. The van der Waals surface area contributed by atoms with Gasteiger partial charge in [0.25, 0.3) is 0 Å². The zero-order valence-electron chi connectivity index (χ0n) is 13.9. The molecule has 118 valence electrons. The average Bonchev–Trinajstić information content (AvgIpc) is 3.07. The van der Waals surface area contributed by atoms with Gasteiger partial charge in [0.1, 0.15) is 11.4 Å². The van der Waals surface area contributed by atoms with Gasteiger partial charge in [0.05, 0.1) is 13.2 Å². The van der Waals surface area contributed by atoms with Gasteiger partial charge in [0, 0.05) is 11.7 Å². The summed E-state index contributed by atoms with van der Waals surface area (Å²) in [6, 6.07) is 4.12. The van der Waals surface area contributed by atoms with Crippen LogP contribution in [0.3, 0.4) is 0 Å². The second-order valence-corrected chi connectivity index (χ2v) is 5.99. The van der Waals surface area contributed by atoms with Crippen molar-refractivity contribution in [2.24, 2.45) is 0 Å². The molecule has 2 atom stereocenters. The van der Waals surface area contributed by atoms with Crippen molar-refractivity contribution in [3.05, 3.63) is 24.0 Å². The summed E-state index contributed by atoms with van der Waals surface area (Å²) >= 11 is 0. The van der Waals surface area contributed by atoms with Crippen LogP contribution in [0.2, 0.25) is 0 Å². The van der Waals surface area contributed by atoms with E-state index in [0.717, 1.165) is 24.4 Å². The van der Waals surface area contributed by atoms with Gasteiger partial charge in [-0.25, -0.2) is 0 Å². The van der Waals surface area contributed by atoms with E-state index < -0.39 is 0 Å². The molecule has 1 saturated heterocycles. The molecule has 0 spiro atoms. The van der Waals surface area contributed by atoms with Gasteiger partial charge in [-0.3, -0.25) is 9.88 Å². The molecular formula is C17H29N3O. The quantitative estimate of drug-likeness (QED) is 0.838. The van der Waals surface area contributed by atoms with Crippen LogP contribution in [0.15, 0.2) is 18.3 Å². The Morgan fingerprint density at radius 1 is 1.38 bits per heavy atom. The minimum atomic E-state index is 0.0636. The topological polar surface area (TPSA) is 37.4 Å². The first-order valence-corrected chi connectivity index (χ1v) is 8.14. The van der Waals surface area contributed by atoms with Crippen LogP contribution in [0, 0.1) is 0 Å². The maximum atomic E-state index is 5.55. The molecule has 2 heterocycles. The van der Waals surface area contributed by atoms with Crippen molar-refractivity contribution in [1.82, 2.24) is 15.2 Å².